The largest absolute Gasteiger partial charge is 0.355 e. The van der Waals surface area contributed by atoms with Crippen LogP contribution in [0.3, 0.4) is 0 Å². The number of hydrogen-bond donors (Lipinski definition) is 1. The smallest absolute Gasteiger partial charge is 0.234 e. The first kappa shape index (κ1) is 11.4. The second kappa shape index (κ2) is 4.08. The Balaban J connectivity index is 1.75. The number of nitrogens with one attached hydrogen (secondary N) is 1. The van der Waals surface area contributed by atoms with E-state index in [4.69, 9.17) is 0 Å². The molecule has 0 saturated heterocycles. The third kappa shape index (κ3) is 2.55. The van der Waals surface area contributed by atoms with Gasteiger partial charge in [-0.1, -0.05) is 29.8 Å². The first-order chi connectivity index (χ1) is 7.05. The van der Waals surface area contributed by atoms with E-state index in [2.05, 4.69) is 35.1 Å². The lowest BCUT2D eigenvalue weighted by Crippen LogP contribution is -2.38. The van der Waals surface area contributed by atoms with E-state index in [0.29, 0.717) is 11.3 Å². The maximum Gasteiger partial charge on any atom is 0.234 e. The van der Waals surface area contributed by atoms with Gasteiger partial charge in [0.05, 0.1) is 4.83 Å². The van der Waals surface area contributed by atoms with E-state index in [9.17, 15) is 4.79 Å². The van der Waals surface area contributed by atoms with Crippen LogP contribution in [-0.2, 0) is 4.79 Å². The van der Waals surface area contributed by atoms with Crippen molar-refractivity contribution in [3.63, 3.8) is 0 Å². The van der Waals surface area contributed by atoms with Crippen LogP contribution in [0.15, 0.2) is 0 Å². The van der Waals surface area contributed by atoms with Gasteiger partial charge in [0, 0.05) is 6.54 Å². The summed E-state index contributed by atoms with van der Waals surface area (Å²) in [5.74, 6) is 1.45. The predicted octanol–water partition coefficient (Wildman–Crippen LogP) is 2.71. The second-order valence-electron chi connectivity index (χ2n) is 5.50. The van der Waals surface area contributed by atoms with Crippen molar-refractivity contribution < 1.29 is 4.79 Å². The topological polar surface area (TPSA) is 29.1 Å². The summed E-state index contributed by atoms with van der Waals surface area (Å²) >= 11 is 3.44. The van der Waals surface area contributed by atoms with E-state index >= 15 is 0 Å². The molecule has 15 heavy (non-hydrogen) atoms. The van der Waals surface area contributed by atoms with Crippen LogP contribution in [0.5, 0.6) is 0 Å². The summed E-state index contributed by atoms with van der Waals surface area (Å²) in [6.45, 7) is 5.03. The highest BCUT2D eigenvalue weighted by atomic mass is 79.9. The Morgan fingerprint density at radius 1 is 1.47 bits per heavy atom. The number of alkyl halides is 1. The highest BCUT2D eigenvalue weighted by molar-refractivity contribution is 9.10. The van der Waals surface area contributed by atoms with E-state index in [-0.39, 0.29) is 10.7 Å². The number of hydrogen-bond acceptors (Lipinski definition) is 1. The van der Waals surface area contributed by atoms with Crippen LogP contribution in [-0.4, -0.2) is 17.3 Å². The van der Waals surface area contributed by atoms with Crippen molar-refractivity contribution in [3.8, 4) is 0 Å². The van der Waals surface area contributed by atoms with Gasteiger partial charge in [0.2, 0.25) is 5.91 Å². The molecule has 1 unspecified atom stereocenters. The first-order valence-corrected chi connectivity index (χ1v) is 6.88. The maximum atomic E-state index is 11.7. The Bertz CT molecular complexity index is 256. The van der Waals surface area contributed by atoms with Gasteiger partial charge < -0.3 is 5.32 Å². The molecule has 1 atom stereocenters. The van der Waals surface area contributed by atoms with Crippen LogP contribution in [0, 0.1) is 17.3 Å². The van der Waals surface area contributed by atoms with Crippen molar-refractivity contribution in [3.05, 3.63) is 0 Å². The quantitative estimate of drug-likeness (QED) is 0.767. The van der Waals surface area contributed by atoms with Crippen LogP contribution in [0.25, 0.3) is 0 Å². The molecule has 1 N–H and O–H groups in total. The van der Waals surface area contributed by atoms with E-state index in [1.165, 1.54) is 25.7 Å². The summed E-state index contributed by atoms with van der Waals surface area (Å²) in [6.07, 6.45) is 5.43. The zero-order chi connectivity index (χ0) is 11.1. The lowest BCUT2D eigenvalue weighted by molar-refractivity contribution is -0.121. The van der Waals surface area contributed by atoms with E-state index in [1.54, 1.807) is 0 Å². The Morgan fingerprint density at radius 2 is 2.07 bits per heavy atom. The monoisotopic (exact) mass is 273 g/mol. The molecule has 3 heteroatoms. The van der Waals surface area contributed by atoms with Gasteiger partial charge in [0.15, 0.2) is 0 Å². The lowest BCUT2D eigenvalue weighted by Gasteiger charge is -2.18. The van der Waals surface area contributed by atoms with Gasteiger partial charge >= 0.3 is 0 Å². The molecule has 0 aromatic carbocycles. The standard InChI is InChI=1S/C12H20BrNO/c1-8(2)10(13)11(15)14-7-12(5-6-12)9-3-4-9/h8-10H,3-7H2,1-2H3,(H,14,15). The molecular weight excluding hydrogens is 254 g/mol. The van der Waals surface area contributed by atoms with Crippen molar-refractivity contribution in [1.82, 2.24) is 5.32 Å². The molecule has 0 aromatic rings. The van der Waals surface area contributed by atoms with Gasteiger partial charge in [0.25, 0.3) is 0 Å². The van der Waals surface area contributed by atoms with Gasteiger partial charge in [0.1, 0.15) is 0 Å². The number of rotatable bonds is 5. The zero-order valence-corrected chi connectivity index (χ0v) is 11.1. The fourth-order valence-corrected chi connectivity index (χ4v) is 2.41. The SMILES string of the molecule is CC(C)C(Br)C(=O)NCC1(C2CC2)CC1. The van der Waals surface area contributed by atoms with Crippen molar-refractivity contribution in [2.75, 3.05) is 6.54 Å². The minimum Gasteiger partial charge on any atom is -0.355 e. The Morgan fingerprint density at radius 3 is 2.47 bits per heavy atom. The minimum atomic E-state index is -0.0347. The molecule has 2 saturated carbocycles. The molecule has 2 rings (SSSR count). The van der Waals surface area contributed by atoms with Gasteiger partial charge in [-0.05, 0) is 42.9 Å². The lowest BCUT2D eigenvalue weighted by atomic mass is 10.0. The molecule has 2 aliphatic rings. The van der Waals surface area contributed by atoms with Crippen LogP contribution in [0.4, 0.5) is 0 Å². The van der Waals surface area contributed by atoms with Crippen LogP contribution < -0.4 is 5.32 Å². The highest BCUT2D eigenvalue weighted by Crippen LogP contribution is 2.60. The Labute approximate surface area is 100 Å². The molecule has 1 amide bonds. The highest BCUT2D eigenvalue weighted by Gasteiger charge is 2.53. The van der Waals surface area contributed by atoms with Crippen molar-refractivity contribution >= 4 is 21.8 Å². The molecule has 2 nitrogen and oxygen atoms in total. The van der Waals surface area contributed by atoms with Gasteiger partial charge in [-0.2, -0.15) is 0 Å². The van der Waals surface area contributed by atoms with Crippen LogP contribution in [0.2, 0.25) is 0 Å². The Hall–Kier alpha value is -0.0500. The maximum absolute atomic E-state index is 11.7. The molecule has 2 aliphatic carbocycles. The average Bonchev–Trinajstić information content (AvgIpc) is 3.01. The Kier molecular flexibility index (Phi) is 3.11. The predicted molar refractivity (Wildman–Crippen MR) is 65.0 cm³/mol. The number of halogens is 1. The molecule has 0 heterocycles. The molecule has 2 fully saturated rings. The minimum absolute atomic E-state index is 0.0347. The van der Waals surface area contributed by atoms with Gasteiger partial charge in [-0.15, -0.1) is 0 Å². The summed E-state index contributed by atoms with van der Waals surface area (Å²) in [5.41, 5.74) is 0.513. The van der Waals surface area contributed by atoms with Crippen LogP contribution >= 0.6 is 15.9 Å². The van der Waals surface area contributed by atoms with Crippen molar-refractivity contribution in [2.24, 2.45) is 17.3 Å². The fraction of sp³-hybridized carbons (Fsp3) is 0.917. The molecule has 0 radical (unpaired) electrons. The number of carbonyl (C=O) groups excluding carboxylic acids is 1. The van der Waals surface area contributed by atoms with E-state index < -0.39 is 0 Å². The van der Waals surface area contributed by atoms with Crippen molar-refractivity contribution in [1.29, 1.82) is 0 Å². The van der Waals surface area contributed by atoms with E-state index in [0.717, 1.165) is 12.5 Å². The molecule has 0 spiro atoms. The molecule has 0 aliphatic heterocycles. The summed E-state index contributed by atoms with van der Waals surface area (Å²) in [7, 11) is 0. The van der Waals surface area contributed by atoms with Crippen LogP contribution in [0.1, 0.15) is 39.5 Å². The summed E-state index contributed by atoms with van der Waals surface area (Å²) in [6, 6.07) is 0. The number of carbonyl (C=O) groups is 1. The average molecular weight is 274 g/mol. The molecule has 0 bridgehead atoms. The van der Waals surface area contributed by atoms with Crippen molar-refractivity contribution in [2.45, 2.75) is 44.4 Å². The zero-order valence-electron chi connectivity index (χ0n) is 9.55. The summed E-state index contributed by atoms with van der Waals surface area (Å²) in [5, 5.41) is 3.10. The second-order valence-corrected chi connectivity index (χ2v) is 6.49. The summed E-state index contributed by atoms with van der Waals surface area (Å²) < 4.78 is 0. The van der Waals surface area contributed by atoms with Gasteiger partial charge in [-0.3, -0.25) is 4.79 Å². The molecule has 0 aromatic heterocycles. The molecule has 86 valence electrons. The molecular formula is C12H20BrNO. The third-order valence-corrected chi connectivity index (χ3v) is 5.26. The summed E-state index contributed by atoms with van der Waals surface area (Å²) in [4.78, 5) is 11.7. The van der Waals surface area contributed by atoms with Gasteiger partial charge in [-0.25, -0.2) is 0 Å². The first-order valence-electron chi connectivity index (χ1n) is 5.97. The number of amides is 1. The van der Waals surface area contributed by atoms with E-state index in [1.807, 2.05) is 0 Å². The third-order valence-electron chi connectivity index (χ3n) is 3.79. The normalized spacial score (nSPS) is 25.1. The fourth-order valence-electron chi connectivity index (χ4n) is 2.25.